The first-order chi connectivity index (χ1) is 8.93. The van der Waals surface area contributed by atoms with Gasteiger partial charge in [0.1, 0.15) is 6.54 Å². The average molecular weight is 272 g/mol. The number of hydrogen-bond donors (Lipinski definition) is 1. The summed E-state index contributed by atoms with van der Waals surface area (Å²) in [6.45, 7) is 0.373. The lowest BCUT2D eigenvalue weighted by Crippen LogP contribution is -2.45. The van der Waals surface area contributed by atoms with Crippen LogP contribution in [0.4, 0.5) is 4.79 Å². The van der Waals surface area contributed by atoms with Gasteiger partial charge in [-0.3, -0.25) is 9.59 Å². The summed E-state index contributed by atoms with van der Waals surface area (Å²) in [4.78, 5) is 36.5. The molecule has 1 saturated carbocycles. The number of ether oxygens (including phenoxy) is 1. The molecule has 0 aromatic rings. The van der Waals surface area contributed by atoms with Gasteiger partial charge < -0.3 is 19.6 Å². The predicted molar refractivity (Wildman–Crippen MR) is 66.6 cm³/mol. The van der Waals surface area contributed by atoms with Gasteiger partial charge in [-0.1, -0.05) is 0 Å². The maximum Gasteiger partial charge on any atom is 0.323 e. The van der Waals surface area contributed by atoms with Crippen LogP contribution in [-0.2, 0) is 14.3 Å². The highest BCUT2D eigenvalue weighted by Gasteiger charge is 2.29. The topological polar surface area (TPSA) is 87.2 Å². The number of carbonyl (C=O) groups excluding carboxylic acids is 2. The van der Waals surface area contributed by atoms with Crippen LogP contribution in [0.25, 0.3) is 0 Å². The number of urea groups is 1. The fourth-order valence-corrected chi connectivity index (χ4v) is 1.68. The predicted octanol–water partition coefficient (Wildman–Crippen LogP) is 0.398. The van der Waals surface area contributed by atoms with Crippen LogP contribution in [0.3, 0.4) is 0 Å². The summed E-state index contributed by atoms with van der Waals surface area (Å²) in [7, 11) is 2.83. The molecule has 0 aromatic heterocycles. The zero-order valence-corrected chi connectivity index (χ0v) is 11.3. The van der Waals surface area contributed by atoms with Crippen LogP contribution < -0.4 is 0 Å². The molecule has 2 amide bonds. The molecule has 1 rings (SSSR count). The number of rotatable bonds is 7. The smallest absolute Gasteiger partial charge is 0.323 e. The molecule has 1 fully saturated rings. The van der Waals surface area contributed by atoms with Gasteiger partial charge in [-0.2, -0.15) is 0 Å². The number of carbonyl (C=O) groups is 3. The van der Waals surface area contributed by atoms with Crippen molar-refractivity contribution in [3.05, 3.63) is 0 Å². The third-order valence-corrected chi connectivity index (χ3v) is 2.98. The maximum atomic E-state index is 12.1. The Bertz CT molecular complexity index is 354. The van der Waals surface area contributed by atoms with Crippen molar-refractivity contribution in [3.63, 3.8) is 0 Å². The number of esters is 1. The molecule has 1 aliphatic carbocycles. The average Bonchev–Trinajstić information content (AvgIpc) is 3.17. The molecule has 108 valence electrons. The highest BCUT2D eigenvalue weighted by Crippen LogP contribution is 2.29. The van der Waals surface area contributed by atoms with Crippen LogP contribution in [0.15, 0.2) is 0 Å². The highest BCUT2D eigenvalue weighted by atomic mass is 16.5. The van der Waals surface area contributed by atoms with Crippen molar-refractivity contribution in [2.24, 2.45) is 5.92 Å². The molecular weight excluding hydrogens is 252 g/mol. The van der Waals surface area contributed by atoms with E-state index >= 15 is 0 Å². The van der Waals surface area contributed by atoms with Crippen molar-refractivity contribution in [2.75, 3.05) is 33.8 Å². The quantitative estimate of drug-likeness (QED) is 0.678. The lowest BCUT2D eigenvalue weighted by atomic mass is 10.3. The van der Waals surface area contributed by atoms with Gasteiger partial charge in [0, 0.05) is 20.1 Å². The summed E-state index contributed by atoms with van der Waals surface area (Å²) in [5, 5.41) is 8.82. The first-order valence-corrected chi connectivity index (χ1v) is 6.22. The molecule has 0 heterocycles. The largest absolute Gasteiger partial charge is 0.480 e. The number of hydrogen-bond acceptors (Lipinski definition) is 4. The zero-order valence-electron chi connectivity index (χ0n) is 11.3. The van der Waals surface area contributed by atoms with Crippen molar-refractivity contribution < 1.29 is 24.2 Å². The van der Waals surface area contributed by atoms with Gasteiger partial charge in [0.15, 0.2) is 0 Å². The molecule has 1 N–H and O–H groups in total. The Morgan fingerprint density at radius 2 is 1.95 bits per heavy atom. The van der Waals surface area contributed by atoms with E-state index in [4.69, 9.17) is 5.11 Å². The normalized spacial score (nSPS) is 13.8. The fourth-order valence-electron chi connectivity index (χ4n) is 1.68. The molecular formula is C12H20N2O5. The molecule has 7 nitrogen and oxygen atoms in total. The minimum Gasteiger partial charge on any atom is -0.480 e. The van der Waals surface area contributed by atoms with E-state index in [1.165, 1.54) is 16.9 Å². The summed E-state index contributed by atoms with van der Waals surface area (Å²) >= 11 is 0. The van der Waals surface area contributed by atoms with E-state index in [2.05, 4.69) is 4.74 Å². The van der Waals surface area contributed by atoms with Crippen LogP contribution in [0, 0.1) is 5.92 Å². The van der Waals surface area contributed by atoms with E-state index in [-0.39, 0.29) is 25.5 Å². The van der Waals surface area contributed by atoms with Crippen LogP contribution in [0.2, 0.25) is 0 Å². The molecule has 0 aromatic carbocycles. The summed E-state index contributed by atoms with van der Waals surface area (Å²) in [5.74, 6) is -1.01. The minimum absolute atomic E-state index is 0.100. The molecule has 0 atom stereocenters. The van der Waals surface area contributed by atoms with Crippen LogP contribution in [0.5, 0.6) is 0 Å². The van der Waals surface area contributed by atoms with Crippen molar-refractivity contribution in [1.82, 2.24) is 9.80 Å². The number of methoxy groups -OCH3 is 1. The van der Waals surface area contributed by atoms with E-state index in [0.29, 0.717) is 12.5 Å². The van der Waals surface area contributed by atoms with E-state index in [9.17, 15) is 14.4 Å². The summed E-state index contributed by atoms with van der Waals surface area (Å²) in [6.07, 6.45) is 2.17. The zero-order chi connectivity index (χ0) is 14.4. The lowest BCUT2D eigenvalue weighted by Gasteiger charge is -2.26. The van der Waals surface area contributed by atoms with Gasteiger partial charge >= 0.3 is 18.0 Å². The second-order valence-corrected chi connectivity index (χ2v) is 4.75. The van der Waals surface area contributed by atoms with Gasteiger partial charge in [0.05, 0.1) is 13.5 Å². The molecule has 0 bridgehead atoms. The van der Waals surface area contributed by atoms with E-state index in [1.807, 2.05) is 0 Å². The Balaban J connectivity index is 2.48. The standard InChI is InChI=1S/C12H20N2O5/c1-13(6-5-11(17)19-2)12(18)14(8-10(15)16)7-9-3-4-9/h9H,3-8H2,1-2H3,(H,15,16). The Morgan fingerprint density at radius 3 is 2.42 bits per heavy atom. The van der Waals surface area contributed by atoms with Gasteiger partial charge in [0.2, 0.25) is 0 Å². The van der Waals surface area contributed by atoms with Crippen LogP contribution >= 0.6 is 0 Å². The van der Waals surface area contributed by atoms with Gasteiger partial charge in [-0.25, -0.2) is 4.79 Å². The van der Waals surface area contributed by atoms with Gasteiger partial charge in [-0.05, 0) is 18.8 Å². The van der Waals surface area contributed by atoms with Crippen molar-refractivity contribution >= 4 is 18.0 Å². The molecule has 0 saturated heterocycles. The monoisotopic (exact) mass is 272 g/mol. The SMILES string of the molecule is COC(=O)CCN(C)C(=O)N(CC(=O)O)CC1CC1. The number of nitrogens with zero attached hydrogens (tertiary/aromatic N) is 2. The first-order valence-electron chi connectivity index (χ1n) is 6.22. The lowest BCUT2D eigenvalue weighted by molar-refractivity contribution is -0.141. The Kier molecular flexibility index (Phi) is 5.59. The second kappa shape index (κ2) is 6.96. The Labute approximate surface area is 112 Å². The number of amides is 2. The van der Waals surface area contributed by atoms with Crippen molar-refractivity contribution in [2.45, 2.75) is 19.3 Å². The maximum absolute atomic E-state index is 12.1. The van der Waals surface area contributed by atoms with E-state index in [1.54, 1.807) is 7.05 Å². The van der Waals surface area contributed by atoms with Crippen molar-refractivity contribution in [1.29, 1.82) is 0 Å². The Hall–Kier alpha value is -1.79. The van der Waals surface area contributed by atoms with Crippen LogP contribution in [-0.4, -0.2) is 66.7 Å². The summed E-state index contributed by atoms with van der Waals surface area (Å²) in [6, 6.07) is -0.363. The number of carboxylic acids is 1. The Morgan fingerprint density at radius 1 is 1.32 bits per heavy atom. The summed E-state index contributed by atoms with van der Waals surface area (Å²) < 4.78 is 4.50. The van der Waals surface area contributed by atoms with Crippen molar-refractivity contribution in [3.8, 4) is 0 Å². The summed E-state index contributed by atoms with van der Waals surface area (Å²) in [5.41, 5.74) is 0. The van der Waals surface area contributed by atoms with E-state index in [0.717, 1.165) is 12.8 Å². The van der Waals surface area contributed by atoms with Crippen LogP contribution in [0.1, 0.15) is 19.3 Å². The van der Waals surface area contributed by atoms with E-state index < -0.39 is 11.9 Å². The number of aliphatic carboxylic acids is 1. The molecule has 1 aliphatic rings. The molecule has 0 radical (unpaired) electrons. The first kappa shape index (κ1) is 15.3. The fraction of sp³-hybridized carbons (Fsp3) is 0.750. The molecule has 0 aliphatic heterocycles. The highest BCUT2D eigenvalue weighted by molar-refractivity contribution is 5.80. The third kappa shape index (κ3) is 5.58. The molecule has 19 heavy (non-hydrogen) atoms. The molecule has 7 heteroatoms. The third-order valence-electron chi connectivity index (χ3n) is 2.98. The van der Waals surface area contributed by atoms with Gasteiger partial charge in [-0.15, -0.1) is 0 Å². The number of carboxylic acid groups (broad SMARTS) is 1. The second-order valence-electron chi connectivity index (χ2n) is 4.75. The van der Waals surface area contributed by atoms with Gasteiger partial charge in [0.25, 0.3) is 0 Å². The molecule has 0 spiro atoms. The molecule has 0 unspecified atom stereocenters. The minimum atomic E-state index is -1.03.